The van der Waals surface area contributed by atoms with Crippen molar-refractivity contribution in [3.8, 4) is 22.8 Å². The fourth-order valence-electron chi connectivity index (χ4n) is 3.56. The highest BCUT2D eigenvalue weighted by atomic mass is 16.5. The van der Waals surface area contributed by atoms with E-state index in [2.05, 4.69) is 28.9 Å². The molecule has 1 aromatic heterocycles. The predicted molar refractivity (Wildman–Crippen MR) is 105 cm³/mol. The lowest BCUT2D eigenvalue weighted by molar-refractivity contribution is 0.231. The molecule has 0 radical (unpaired) electrons. The van der Waals surface area contributed by atoms with Crippen LogP contribution in [0.5, 0.6) is 11.5 Å². The average Bonchev–Trinajstić information content (AvgIpc) is 3.08. The van der Waals surface area contributed by atoms with Crippen LogP contribution in [0, 0.1) is 0 Å². The van der Waals surface area contributed by atoms with Gasteiger partial charge in [0.25, 0.3) is 0 Å². The van der Waals surface area contributed by atoms with Gasteiger partial charge in [0.2, 0.25) is 0 Å². The summed E-state index contributed by atoms with van der Waals surface area (Å²) in [4.78, 5) is 9.17. The van der Waals surface area contributed by atoms with E-state index in [1.807, 2.05) is 24.3 Å². The first-order valence-corrected chi connectivity index (χ1v) is 8.88. The maximum Gasteiger partial charge on any atom is 0.128 e. The van der Waals surface area contributed by atoms with Crippen LogP contribution in [0.25, 0.3) is 11.3 Å². The number of nitrogen functional groups attached to an aromatic ring is 1. The molecule has 1 aliphatic heterocycles. The Morgan fingerprint density at radius 2 is 2.00 bits per heavy atom. The van der Waals surface area contributed by atoms with Crippen molar-refractivity contribution in [1.82, 2.24) is 14.8 Å². The number of aromatic nitrogens is 1. The molecule has 3 rings (SSSR count). The van der Waals surface area contributed by atoms with Crippen molar-refractivity contribution in [2.75, 3.05) is 47.1 Å². The zero-order valence-electron chi connectivity index (χ0n) is 16.0. The van der Waals surface area contributed by atoms with Crippen molar-refractivity contribution in [3.63, 3.8) is 0 Å². The van der Waals surface area contributed by atoms with Crippen molar-refractivity contribution in [3.05, 3.63) is 35.9 Å². The van der Waals surface area contributed by atoms with Gasteiger partial charge >= 0.3 is 0 Å². The number of hydrogen-bond donors (Lipinski definition) is 1. The molecule has 140 valence electrons. The number of benzene rings is 1. The lowest BCUT2D eigenvalue weighted by atomic mass is 10.0. The van der Waals surface area contributed by atoms with Gasteiger partial charge in [-0.3, -0.25) is 4.90 Å². The third kappa shape index (κ3) is 3.92. The van der Waals surface area contributed by atoms with E-state index < -0.39 is 0 Å². The highest BCUT2D eigenvalue weighted by Gasteiger charge is 2.24. The normalized spacial score (nSPS) is 17.7. The highest BCUT2D eigenvalue weighted by Crippen LogP contribution is 2.36. The number of likely N-dealkylation sites (tertiary alicyclic amines) is 1. The molecule has 1 aromatic carbocycles. The number of nitrogens with zero attached hydrogens (tertiary/aromatic N) is 3. The molecule has 0 saturated carbocycles. The number of pyridine rings is 1. The Hall–Kier alpha value is -2.31. The summed E-state index contributed by atoms with van der Waals surface area (Å²) >= 11 is 0. The Kier molecular flexibility index (Phi) is 5.64. The second-order valence-electron chi connectivity index (χ2n) is 6.93. The largest absolute Gasteiger partial charge is 0.496 e. The van der Waals surface area contributed by atoms with Crippen molar-refractivity contribution in [1.29, 1.82) is 0 Å². The minimum absolute atomic E-state index is 0.484. The quantitative estimate of drug-likeness (QED) is 0.858. The van der Waals surface area contributed by atoms with Gasteiger partial charge < -0.3 is 20.1 Å². The molecule has 1 unspecified atom stereocenters. The Morgan fingerprint density at radius 3 is 2.62 bits per heavy atom. The molecule has 1 saturated heterocycles. The van der Waals surface area contributed by atoms with Gasteiger partial charge in [0, 0.05) is 30.3 Å². The Morgan fingerprint density at radius 1 is 1.23 bits per heavy atom. The van der Waals surface area contributed by atoms with Crippen LogP contribution < -0.4 is 15.2 Å². The molecule has 1 fully saturated rings. The van der Waals surface area contributed by atoms with Crippen LogP contribution in [0.1, 0.15) is 12.0 Å². The lowest BCUT2D eigenvalue weighted by Gasteiger charge is -2.25. The van der Waals surface area contributed by atoms with Crippen LogP contribution in [0.3, 0.4) is 0 Å². The third-order valence-corrected chi connectivity index (χ3v) is 5.06. The van der Waals surface area contributed by atoms with Crippen molar-refractivity contribution < 1.29 is 9.47 Å². The predicted octanol–water partition coefficient (Wildman–Crippen LogP) is 2.48. The molecule has 2 N–H and O–H groups in total. The first kappa shape index (κ1) is 18.5. The molecular weight excluding hydrogens is 328 g/mol. The maximum atomic E-state index is 5.84. The van der Waals surface area contributed by atoms with Crippen LogP contribution in [-0.2, 0) is 6.54 Å². The van der Waals surface area contributed by atoms with Crippen LogP contribution in [0.4, 0.5) is 5.82 Å². The third-order valence-electron chi connectivity index (χ3n) is 5.06. The Bertz CT molecular complexity index is 765. The number of hydrogen-bond acceptors (Lipinski definition) is 6. The van der Waals surface area contributed by atoms with E-state index in [9.17, 15) is 0 Å². The van der Waals surface area contributed by atoms with Gasteiger partial charge in [-0.05, 0) is 51.3 Å². The van der Waals surface area contributed by atoms with E-state index in [1.54, 1.807) is 20.3 Å². The molecular formula is C20H28N4O2. The summed E-state index contributed by atoms with van der Waals surface area (Å²) in [5.41, 5.74) is 8.60. The number of rotatable bonds is 6. The number of ether oxygens (including phenoxy) is 2. The minimum Gasteiger partial charge on any atom is -0.496 e. The zero-order chi connectivity index (χ0) is 18.7. The summed E-state index contributed by atoms with van der Waals surface area (Å²) in [7, 11) is 7.72. The van der Waals surface area contributed by atoms with E-state index >= 15 is 0 Å². The van der Waals surface area contributed by atoms with Crippen molar-refractivity contribution in [2.45, 2.75) is 19.0 Å². The van der Waals surface area contributed by atoms with Gasteiger partial charge in [-0.1, -0.05) is 6.07 Å². The summed E-state index contributed by atoms with van der Waals surface area (Å²) in [6.45, 7) is 3.05. The average molecular weight is 356 g/mol. The molecule has 0 bridgehead atoms. The molecule has 2 aromatic rings. The van der Waals surface area contributed by atoms with Crippen molar-refractivity contribution >= 4 is 5.82 Å². The second-order valence-corrected chi connectivity index (χ2v) is 6.93. The van der Waals surface area contributed by atoms with E-state index in [-0.39, 0.29) is 0 Å². The van der Waals surface area contributed by atoms with Crippen LogP contribution in [0.2, 0.25) is 0 Å². The summed E-state index contributed by atoms with van der Waals surface area (Å²) in [5, 5.41) is 0. The maximum absolute atomic E-state index is 5.84. The molecule has 0 amide bonds. The summed E-state index contributed by atoms with van der Waals surface area (Å²) in [6.07, 6.45) is 1.19. The van der Waals surface area contributed by atoms with Crippen LogP contribution in [-0.4, -0.2) is 62.2 Å². The molecule has 6 heteroatoms. The molecule has 1 atom stereocenters. The number of methoxy groups -OCH3 is 2. The van der Waals surface area contributed by atoms with Gasteiger partial charge in [0.05, 0.1) is 19.9 Å². The molecule has 0 aliphatic carbocycles. The second kappa shape index (κ2) is 7.93. The number of likely N-dealkylation sites (N-methyl/N-ethyl adjacent to an activating group) is 2. The summed E-state index contributed by atoms with van der Waals surface area (Å²) in [6, 6.07) is 10.2. The van der Waals surface area contributed by atoms with E-state index in [4.69, 9.17) is 15.2 Å². The monoisotopic (exact) mass is 356 g/mol. The fraction of sp³-hybridized carbons (Fsp3) is 0.450. The van der Waals surface area contributed by atoms with E-state index in [1.165, 1.54) is 6.42 Å². The van der Waals surface area contributed by atoms with E-state index in [0.717, 1.165) is 48.0 Å². The molecule has 6 nitrogen and oxygen atoms in total. The Labute approximate surface area is 155 Å². The van der Waals surface area contributed by atoms with Gasteiger partial charge in [-0.15, -0.1) is 0 Å². The van der Waals surface area contributed by atoms with Crippen LogP contribution in [0.15, 0.2) is 30.3 Å². The minimum atomic E-state index is 0.484. The molecule has 2 heterocycles. The van der Waals surface area contributed by atoms with Gasteiger partial charge in [-0.25, -0.2) is 4.98 Å². The SMILES string of the molecule is COc1cc(-c2cccc(N)n2)c(OC)cc1CN(C)C1CCN(C)C1. The van der Waals surface area contributed by atoms with Crippen LogP contribution >= 0.6 is 0 Å². The van der Waals surface area contributed by atoms with E-state index in [0.29, 0.717) is 11.9 Å². The lowest BCUT2D eigenvalue weighted by Crippen LogP contribution is -2.33. The first-order valence-electron chi connectivity index (χ1n) is 8.88. The topological polar surface area (TPSA) is 63.9 Å². The number of anilines is 1. The number of nitrogens with two attached hydrogens (primary N) is 1. The fourth-order valence-corrected chi connectivity index (χ4v) is 3.56. The smallest absolute Gasteiger partial charge is 0.128 e. The molecule has 26 heavy (non-hydrogen) atoms. The molecule has 1 aliphatic rings. The highest BCUT2D eigenvalue weighted by molar-refractivity contribution is 5.71. The molecule has 0 spiro atoms. The zero-order valence-corrected chi connectivity index (χ0v) is 16.0. The van der Waals surface area contributed by atoms with Gasteiger partial charge in [0.1, 0.15) is 17.3 Å². The van der Waals surface area contributed by atoms with Crippen molar-refractivity contribution in [2.24, 2.45) is 0 Å². The standard InChI is InChI=1S/C20H28N4O2/c1-23-9-8-15(13-23)24(2)12-14-10-19(26-4)16(11-18(14)25-3)17-6-5-7-20(21)22-17/h5-7,10-11,15H,8-9,12-13H2,1-4H3,(H2,21,22). The first-order chi connectivity index (χ1) is 12.5. The van der Waals surface area contributed by atoms with Gasteiger partial charge in [-0.2, -0.15) is 0 Å². The van der Waals surface area contributed by atoms with Gasteiger partial charge in [0.15, 0.2) is 0 Å². The Balaban J connectivity index is 1.91. The summed E-state index contributed by atoms with van der Waals surface area (Å²) in [5.74, 6) is 2.09. The summed E-state index contributed by atoms with van der Waals surface area (Å²) < 4.78 is 11.3.